The summed E-state index contributed by atoms with van der Waals surface area (Å²) in [6.07, 6.45) is 0. The molecule has 0 N–H and O–H groups in total. The van der Waals surface area contributed by atoms with Crippen molar-refractivity contribution in [1.29, 1.82) is 0 Å². The Hall–Kier alpha value is -7.62. The molecule has 57 heavy (non-hydrogen) atoms. The van der Waals surface area contributed by atoms with Crippen LogP contribution in [0.3, 0.4) is 0 Å². The highest BCUT2D eigenvalue weighted by Crippen LogP contribution is 2.41. The lowest BCUT2D eigenvalue weighted by Gasteiger charge is -2.15. The molecule has 266 valence electrons. The Kier molecular flexibility index (Phi) is 7.82. The van der Waals surface area contributed by atoms with E-state index < -0.39 is 0 Å². The maximum Gasteiger partial charge on any atom is 0.160 e. The number of nitrogens with zero attached hydrogens (tertiary/aromatic N) is 2. The van der Waals surface area contributed by atoms with Gasteiger partial charge in [-0.1, -0.05) is 176 Å². The predicted octanol–water partition coefficient (Wildman–Crippen LogP) is 14.7. The molecule has 0 fully saturated rings. The number of hydrogen-bond acceptors (Lipinski definition) is 3. The average Bonchev–Trinajstić information content (AvgIpc) is 3.68. The molecule has 3 nitrogen and oxygen atoms in total. The zero-order chi connectivity index (χ0) is 37.7. The largest absolute Gasteiger partial charge is 0.455 e. The van der Waals surface area contributed by atoms with Gasteiger partial charge in [0.15, 0.2) is 5.82 Å². The highest BCUT2D eigenvalue weighted by atomic mass is 16.3. The first kappa shape index (κ1) is 32.8. The highest BCUT2D eigenvalue weighted by Gasteiger charge is 2.18. The van der Waals surface area contributed by atoms with Crippen LogP contribution < -0.4 is 0 Å². The van der Waals surface area contributed by atoms with E-state index in [0.29, 0.717) is 5.82 Å². The van der Waals surface area contributed by atoms with Crippen molar-refractivity contribution in [1.82, 2.24) is 9.97 Å². The SMILES string of the molecule is c1ccc(-c2nc(-c3ccc(-c4cccc5ccccc45)cc3)cc(-c3cc(-c4cccc5ccccc45)cc(-c4cccc5c4oc4ccccc45)c3)n2)cc1. The quantitative estimate of drug-likeness (QED) is 0.171. The van der Waals surface area contributed by atoms with Crippen molar-refractivity contribution < 1.29 is 4.42 Å². The molecule has 2 heterocycles. The Morgan fingerprint density at radius 2 is 0.789 bits per heavy atom. The highest BCUT2D eigenvalue weighted by molar-refractivity contribution is 6.10. The number of furan rings is 1. The van der Waals surface area contributed by atoms with Gasteiger partial charge in [-0.2, -0.15) is 0 Å². The standard InChI is InChI=1S/C54H34N2O/c1-2-15-39(16-3-1)54-55-50(38-29-27-37(28-30-38)45-22-10-17-35-13-4-6-19-43(35)45)34-51(56-54)42-32-40(46-23-11-18-36-14-5-7-20-44(36)46)31-41(33-42)47-24-12-25-49-48-21-8-9-26-52(48)57-53(47)49/h1-34H. The Bertz CT molecular complexity index is 3280. The van der Waals surface area contributed by atoms with Crippen molar-refractivity contribution in [2.24, 2.45) is 0 Å². The first-order valence-corrected chi connectivity index (χ1v) is 19.3. The number of para-hydroxylation sites is 2. The van der Waals surface area contributed by atoms with Crippen molar-refractivity contribution in [3.8, 4) is 67.3 Å². The predicted molar refractivity (Wildman–Crippen MR) is 237 cm³/mol. The van der Waals surface area contributed by atoms with Crippen LogP contribution in [-0.4, -0.2) is 9.97 Å². The van der Waals surface area contributed by atoms with E-state index in [4.69, 9.17) is 14.4 Å². The Labute approximate surface area is 330 Å². The molecule has 2 aromatic heterocycles. The van der Waals surface area contributed by atoms with E-state index in [-0.39, 0.29) is 0 Å². The zero-order valence-corrected chi connectivity index (χ0v) is 30.9. The van der Waals surface area contributed by atoms with E-state index in [9.17, 15) is 0 Å². The first-order valence-electron chi connectivity index (χ1n) is 19.3. The molecule has 9 aromatic carbocycles. The molecule has 0 aliphatic carbocycles. The normalized spacial score (nSPS) is 11.5. The number of hydrogen-bond donors (Lipinski definition) is 0. The minimum absolute atomic E-state index is 0.678. The van der Waals surface area contributed by atoms with Gasteiger partial charge in [0, 0.05) is 33.0 Å². The van der Waals surface area contributed by atoms with E-state index in [1.807, 2.05) is 30.3 Å². The van der Waals surface area contributed by atoms with E-state index in [0.717, 1.165) is 72.3 Å². The zero-order valence-electron chi connectivity index (χ0n) is 30.9. The van der Waals surface area contributed by atoms with Gasteiger partial charge in [-0.15, -0.1) is 0 Å². The van der Waals surface area contributed by atoms with Gasteiger partial charge in [0.25, 0.3) is 0 Å². The molecule has 0 aliphatic rings. The summed E-state index contributed by atoms with van der Waals surface area (Å²) in [5.74, 6) is 0.678. The topological polar surface area (TPSA) is 38.9 Å². The summed E-state index contributed by atoms with van der Waals surface area (Å²) in [6.45, 7) is 0. The molecular weight excluding hydrogens is 693 g/mol. The lowest BCUT2D eigenvalue weighted by atomic mass is 9.91. The van der Waals surface area contributed by atoms with Crippen LogP contribution in [0.2, 0.25) is 0 Å². The second-order valence-electron chi connectivity index (χ2n) is 14.5. The van der Waals surface area contributed by atoms with Gasteiger partial charge >= 0.3 is 0 Å². The fourth-order valence-corrected chi connectivity index (χ4v) is 8.30. The lowest BCUT2D eigenvalue weighted by Crippen LogP contribution is -1.97. The van der Waals surface area contributed by atoms with Gasteiger partial charge in [-0.25, -0.2) is 9.97 Å². The molecule has 0 radical (unpaired) electrons. The van der Waals surface area contributed by atoms with Crippen LogP contribution in [0.25, 0.3) is 111 Å². The van der Waals surface area contributed by atoms with Crippen LogP contribution in [0.15, 0.2) is 211 Å². The Balaban J connectivity index is 1.12. The molecule has 0 saturated carbocycles. The smallest absolute Gasteiger partial charge is 0.160 e. The molecule has 3 heteroatoms. The minimum Gasteiger partial charge on any atom is -0.455 e. The minimum atomic E-state index is 0.678. The molecular formula is C54H34N2O. The average molecular weight is 727 g/mol. The molecule has 0 spiro atoms. The summed E-state index contributed by atoms with van der Waals surface area (Å²) in [5.41, 5.74) is 13.2. The van der Waals surface area contributed by atoms with Crippen LogP contribution in [0.1, 0.15) is 0 Å². The van der Waals surface area contributed by atoms with Crippen LogP contribution in [0.5, 0.6) is 0 Å². The van der Waals surface area contributed by atoms with Gasteiger partial charge in [0.1, 0.15) is 11.2 Å². The molecule has 0 unspecified atom stereocenters. The fourth-order valence-electron chi connectivity index (χ4n) is 8.30. The monoisotopic (exact) mass is 726 g/mol. The fraction of sp³-hybridized carbons (Fsp3) is 0. The summed E-state index contributed by atoms with van der Waals surface area (Å²) in [5, 5.41) is 7.08. The summed E-state index contributed by atoms with van der Waals surface area (Å²) < 4.78 is 6.59. The summed E-state index contributed by atoms with van der Waals surface area (Å²) in [7, 11) is 0. The number of benzene rings is 9. The molecule has 0 bridgehead atoms. The van der Waals surface area contributed by atoms with Gasteiger partial charge in [0.2, 0.25) is 0 Å². The van der Waals surface area contributed by atoms with Gasteiger partial charge in [-0.05, 0) is 79.7 Å². The van der Waals surface area contributed by atoms with Crippen molar-refractivity contribution >= 4 is 43.5 Å². The van der Waals surface area contributed by atoms with Crippen LogP contribution in [0.4, 0.5) is 0 Å². The Morgan fingerprint density at radius 3 is 1.51 bits per heavy atom. The summed E-state index contributed by atoms with van der Waals surface area (Å²) in [6, 6.07) is 72.8. The lowest BCUT2D eigenvalue weighted by molar-refractivity contribution is 0.670. The number of rotatable bonds is 6. The third-order valence-corrected chi connectivity index (χ3v) is 11.1. The molecule has 0 atom stereocenters. The second-order valence-corrected chi connectivity index (χ2v) is 14.5. The molecule has 11 rings (SSSR count). The summed E-state index contributed by atoms with van der Waals surface area (Å²) in [4.78, 5) is 10.5. The first-order chi connectivity index (χ1) is 28.2. The van der Waals surface area contributed by atoms with E-state index in [1.165, 1.54) is 32.7 Å². The molecule has 0 amide bonds. The van der Waals surface area contributed by atoms with Crippen molar-refractivity contribution in [2.45, 2.75) is 0 Å². The van der Waals surface area contributed by atoms with Gasteiger partial charge in [0.05, 0.1) is 11.4 Å². The number of aromatic nitrogens is 2. The summed E-state index contributed by atoms with van der Waals surface area (Å²) >= 11 is 0. The van der Waals surface area contributed by atoms with Crippen LogP contribution in [0, 0.1) is 0 Å². The third kappa shape index (κ3) is 5.85. The Morgan fingerprint density at radius 1 is 0.298 bits per heavy atom. The van der Waals surface area contributed by atoms with Crippen molar-refractivity contribution in [2.75, 3.05) is 0 Å². The van der Waals surface area contributed by atoms with E-state index in [1.54, 1.807) is 0 Å². The number of fused-ring (bicyclic) bond motifs is 5. The second kappa shape index (κ2) is 13.6. The van der Waals surface area contributed by atoms with E-state index >= 15 is 0 Å². The van der Waals surface area contributed by atoms with E-state index in [2.05, 4.69) is 176 Å². The molecule has 0 aliphatic heterocycles. The van der Waals surface area contributed by atoms with Crippen LogP contribution in [-0.2, 0) is 0 Å². The molecule has 11 aromatic rings. The maximum atomic E-state index is 6.59. The third-order valence-electron chi connectivity index (χ3n) is 11.1. The maximum absolute atomic E-state index is 6.59. The van der Waals surface area contributed by atoms with Crippen molar-refractivity contribution in [3.63, 3.8) is 0 Å². The van der Waals surface area contributed by atoms with Crippen molar-refractivity contribution in [3.05, 3.63) is 206 Å². The van der Waals surface area contributed by atoms with Gasteiger partial charge in [-0.3, -0.25) is 0 Å². The van der Waals surface area contributed by atoms with Gasteiger partial charge < -0.3 is 4.42 Å². The molecule has 0 saturated heterocycles. The van der Waals surface area contributed by atoms with Crippen LogP contribution >= 0.6 is 0 Å².